The first-order valence-corrected chi connectivity index (χ1v) is 10.8. The highest BCUT2D eigenvalue weighted by Gasteiger charge is 2.30. The number of likely N-dealkylation sites (tertiary alicyclic amines) is 2. The van der Waals surface area contributed by atoms with Gasteiger partial charge in [0.15, 0.2) is 11.6 Å². The molecule has 2 aliphatic rings. The van der Waals surface area contributed by atoms with Gasteiger partial charge < -0.3 is 4.90 Å². The number of piperidine rings is 2. The summed E-state index contributed by atoms with van der Waals surface area (Å²) < 4.78 is 1.60. The number of carbonyl (C=O) groups excluding carboxylic acids is 2. The molecule has 160 valence electrons. The molecule has 2 aromatic rings. The number of pyridine rings is 1. The number of hydrogen-bond donors (Lipinski definition) is 0. The molecule has 2 aliphatic heterocycles. The molecule has 4 rings (SSSR count). The second-order valence-corrected chi connectivity index (χ2v) is 8.47. The first kappa shape index (κ1) is 20.6. The second-order valence-electron chi connectivity index (χ2n) is 8.47. The van der Waals surface area contributed by atoms with Crippen LogP contribution in [0.3, 0.4) is 0 Å². The molecule has 0 saturated carbocycles. The van der Waals surface area contributed by atoms with E-state index in [4.69, 9.17) is 0 Å². The Bertz CT molecular complexity index is 861. The predicted octanol–water partition coefficient (Wildman–Crippen LogP) is 1.42. The van der Waals surface area contributed by atoms with Gasteiger partial charge in [-0.1, -0.05) is 13.0 Å². The van der Waals surface area contributed by atoms with E-state index in [0.29, 0.717) is 25.3 Å². The SMILES string of the molecule is CC1CCN(Cc2nnnn2CC(=O)N2CCC[C@@H](C(=O)c3ccccn3)C2)CC1. The Hall–Kier alpha value is -2.68. The van der Waals surface area contributed by atoms with Crippen LogP contribution in [0.2, 0.25) is 0 Å². The zero-order valence-electron chi connectivity index (χ0n) is 17.5. The van der Waals surface area contributed by atoms with Gasteiger partial charge in [0.2, 0.25) is 5.91 Å². The van der Waals surface area contributed by atoms with Crippen molar-refractivity contribution in [1.82, 2.24) is 35.0 Å². The van der Waals surface area contributed by atoms with Gasteiger partial charge in [-0.2, -0.15) is 0 Å². The molecular weight excluding hydrogens is 382 g/mol. The van der Waals surface area contributed by atoms with E-state index in [9.17, 15) is 9.59 Å². The quantitative estimate of drug-likeness (QED) is 0.663. The molecule has 0 unspecified atom stereocenters. The maximum Gasteiger partial charge on any atom is 0.244 e. The first-order chi connectivity index (χ1) is 14.6. The minimum Gasteiger partial charge on any atom is -0.340 e. The normalized spacial score (nSPS) is 21.0. The van der Waals surface area contributed by atoms with Crippen molar-refractivity contribution in [3.05, 3.63) is 35.9 Å². The number of ketones is 1. The van der Waals surface area contributed by atoms with Gasteiger partial charge in [0.25, 0.3) is 0 Å². The number of aromatic nitrogens is 5. The lowest BCUT2D eigenvalue weighted by Crippen LogP contribution is -2.44. The average Bonchev–Trinajstić information content (AvgIpc) is 3.22. The van der Waals surface area contributed by atoms with Crippen molar-refractivity contribution >= 4 is 11.7 Å². The summed E-state index contributed by atoms with van der Waals surface area (Å²) in [6.07, 6.45) is 5.58. The van der Waals surface area contributed by atoms with E-state index in [0.717, 1.165) is 37.7 Å². The van der Waals surface area contributed by atoms with Crippen LogP contribution < -0.4 is 0 Å². The summed E-state index contributed by atoms with van der Waals surface area (Å²) >= 11 is 0. The summed E-state index contributed by atoms with van der Waals surface area (Å²) in [6, 6.07) is 5.34. The fraction of sp³-hybridized carbons (Fsp3) is 0.619. The summed E-state index contributed by atoms with van der Waals surface area (Å²) in [7, 11) is 0. The van der Waals surface area contributed by atoms with Gasteiger partial charge in [-0.15, -0.1) is 5.10 Å². The molecule has 4 heterocycles. The minimum absolute atomic E-state index is 0.00976. The summed E-state index contributed by atoms with van der Waals surface area (Å²) in [5.74, 6) is 1.24. The zero-order valence-corrected chi connectivity index (χ0v) is 17.5. The summed E-state index contributed by atoms with van der Waals surface area (Å²) in [6.45, 7) is 6.20. The van der Waals surface area contributed by atoms with Gasteiger partial charge in [-0.3, -0.25) is 19.5 Å². The Kier molecular flexibility index (Phi) is 6.47. The Morgan fingerprint density at radius 2 is 1.97 bits per heavy atom. The molecule has 9 heteroatoms. The maximum atomic E-state index is 12.9. The van der Waals surface area contributed by atoms with Crippen molar-refractivity contribution in [3.63, 3.8) is 0 Å². The molecule has 0 N–H and O–H groups in total. The van der Waals surface area contributed by atoms with Crippen LogP contribution in [0.15, 0.2) is 24.4 Å². The highest BCUT2D eigenvalue weighted by molar-refractivity contribution is 5.96. The average molecular weight is 412 g/mol. The van der Waals surface area contributed by atoms with Gasteiger partial charge in [0.1, 0.15) is 12.2 Å². The van der Waals surface area contributed by atoms with Gasteiger partial charge in [0, 0.05) is 25.2 Å². The van der Waals surface area contributed by atoms with Crippen molar-refractivity contribution < 1.29 is 9.59 Å². The molecule has 2 saturated heterocycles. The van der Waals surface area contributed by atoms with E-state index in [1.54, 1.807) is 27.9 Å². The molecule has 9 nitrogen and oxygen atoms in total. The van der Waals surface area contributed by atoms with Gasteiger partial charge in [-0.05, 0) is 67.3 Å². The van der Waals surface area contributed by atoms with Crippen molar-refractivity contribution in [2.45, 2.75) is 45.7 Å². The van der Waals surface area contributed by atoms with Gasteiger partial charge in [0.05, 0.1) is 6.54 Å². The number of carbonyl (C=O) groups is 2. The Balaban J connectivity index is 1.35. The molecule has 2 fully saturated rings. The zero-order chi connectivity index (χ0) is 20.9. The first-order valence-electron chi connectivity index (χ1n) is 10.8. The highest BCUT2D eigenvalue weighted by Crippen LogP contribution is 2.21. The maximum absolute atomic E-state index is 12.9. The number of tetrazole rings is 1. The van der Waals surface area contributed by atoms with Crippen LogP contribution in [-0.4, -0.2) is 72.9 Å². The van der Waals surface area contributed by atoms with Crippen LogP contribution in [0.5, 0.6) is 0 Å². The van der Waals surface area contributed by atoms with E-state index in [2.05, 4.69) is 32.3 Å². The van der Waals surface area contributed by atoms with Crippen molar-refractivity contribution in [3.8, 4) is 0 Å². The molecule has 0 radical (unpaired) electrons. The van der Waals surface area contributed by atoms with Crippen molar-refractivity contribution in [2.24, 2.45) is 11.8 Å². The molecule has 0 bridgehead atoms. The molecule has 0 spiro atoms. The van der Waals surface area contributed by atoms with Crippen molar-refractivity contribution in [1.29, 1.82) is 0 Å². The Morgan fingerprint density at radius 1 is 1.13 bits per heavy atom. The van der Waals surface area contributed by atoms with Crippen LogP contribution >= 0.6 is 0 Å². The third kappa shape index (κ3) is 4.89. The fourth-order valence-corrected chi connectivity index (χ4v) is 4.24. The standard InChI is InChI=1S/C21H29N7O2/c1-16-7-11-26(12-8-16)14-19-23-24-25-28(19)15-20(29)27-10-4-5-17(13-27)21(30)18-6-2-3-9-22-18/h2-3,6,9,16-17H,4-5,7-8,10-15H2,1H3/t17-/m1/s1. The van der Waals surface area contributed by atoms with Crippen LogP contribution in [0, 0.1) is 11.8 Å². The number of Topliss-reactive ketones (excluding diaryl/α,β-unsaturated/α-hetero) is 1. The van der Waals surface area contributed by atoms with Crippen LogP contribution in [-0.2, 0) is 17.9 Å². The molecule has 0 aliphatic carbocycles. The van der Waals surface area contributed by atoms with E-state index in [1.165, 1.54) is 12.8 Å². The summed E-state index contributed by atoms with van der Waals surface area (Å²) in [4.78, 5) is 33.9. The number of nitrogens with zero attached hydrogens (tertiary/aromatic N) is 7. The van der Waals surface area contributed by atoms with Crippen LogP contribution in [0.25, 0.3) is 0 Å². The Labute approximate surface area is 176 Å². The fourth-order valence-electron chi connectivity index (χ4n) is 4.24. The number of hydrogen-bond acceptors (Lipinski definition) is 7. The Morgan fingerprint density at radius 3 is 2.73 bits per heavy atom. The predicted molar refractivity (Wildman–Crippen MR) is 109 cm³/mol. The molecule has 30 heavy (non-hydrogen) atoms. The molecule has 1 atom stereocenters. The molecule has 1 amide bonds. The topological polar surface area (TPSA) is 97.1 Å². The molecule has 0 aromatic carbocycles. The highest BCUT2D eigenvalue weighted by atomic mass is 16.2. The van der Waals surface area contributed by atoms with Crippen LogP contribution in [0.1, 0.15) is 48.9 Å². The van der Waals surface area contributed by atoms with Crippen LogP contribution in [0.4, 0.5) is 0 Å². The van der Waals surface area contributed by atoms with E-state index in [1.807, 2.05) is 6.07 Å². The molecular formula is C21H29N7O2. The van der Waals surface area contributed by atoms with Gasteiger partial charge in [-0.25, -0.2) is 4.68 Å². The largest absolute Gasteiger partial charge is 0.340 e. The summed E-state index contributed by atoms with van der Waals surface area (Å²) in [5.41, 5.74) is 0.468. The number of amides is 1. The minimum atomic E-state index is -0.207. The van der Waals surface area contributed by atoms with E-state index < -0.39 is 0 Å². The molecule has 2 aromatic heterocycles. The summed E-state index contributed by atoms with van der Waals surface area (Å²) in [5, 5.41) is 12.0. The second kappa shape index (κ2) is 9.42. The lowest BCUT2D eigenvalue weighted by atomic mass is 9.92. The number of rotatable bonds is 6. The smallest absolute Gasteiger partial charge is 0.244 e. The van der Waals surface area contributed by atoms with E-state index in [-0.39, 0.29) is 24.2 Å². The van der Waals surface area contributed by atoms with E-state index >= 15 is 0 Å². The lowest BCUT2D eigenvalue weighted by Gasteiger charge is -2.32. The van der Waals surface area contributed by atoms with Crippen molar-refractivity contribution in [2.75, 3.05) is 26.2 Å². The lowest BCUT2D eigenvalue weighted by molar-refractivity contribution is -0.133. The monoisotopic (exact) mass is 411 g/mol. The third-order valence-electron chi connectivity index (χ3n) is 6.19. The third-order valence-corrected chi connectivity index (χ3v) is 6.19. The van der Waals surface area contributed by atoms with Gasteiger partial charge >= 0.3 is 0 Å².